The van der Waals surface area contributed by atoms with E-state index in [1.54, 1.807) is 27.9 Å². The first-order valence-electron chi connectivity index (χ1n) is 6.26. The largest absolute Gasteiger partial charge is 0.481 e. The monoisotopic (exact) mass is 273 g/mol. The van der Waals surface area contributed by atoms with E-state index < -0.39 is 5.97 Å². The average molecular weight is 273 g/mol. The molecular weight excluding hydrogens is 250 g/mol. The van der Waals surface area contributed by atoms with E-state index in [4.69, 9.17) is 5.11 Å². The van der Waals surface area contributed by atoms with Gasteiger partial charge in [0, 0.05) is 33.7 Å². The minimum atomic E-state index is -0.937. The van der Waals surface area contributed by atoms with Gasteiger partial charge >= 0.3 is 12.0 Å². The van der Waals surface area contributed by atoms with Crippen molar-refractivity contribution in [2.45, 2.75) is 20.3 Å². The molecule has 0 aliphatic heterocycles. The Morgan fingerprint density at radius 1 is 1.32 bits per heavy atom. The lowest BCUT2D eigenvalue weighted by atomic mass is 10.1. The van der Waals surface area contributed by atoms with Gasteiger partial charge in [-0.05, 0) is 6.92 Å². The Hall–Kier alpha value is -1.79. The highest BCUT2D eigenvalue weighted by Crippen LogP contribution is 2.03. The topological polar surface area (TPSA) is 90.0 Å². The molecule has 0 aliphatic carbocycles. The lowest BCUT2D eigenvalue weighted by molar-refractivity contribution is -0.137. The molecule has 1 atom stereocenters. The van der Waals surface area contributed by atoms with Crippen molar-refractivity contribution in [3.05, 3.63) is 0 Å². The maximum atomic E-state index is 12.1. The predicted molar refractivity (Wildman–Crippen MR) is 70.8 cm³/mol. The molecule has 0 aromatic rings. The molecular formula is C12H23N3O4. The van der Waals surface area contributed by atoms with Gasteiger partial charge in [0.05, 0.1) is 12.3 Å². The molecule has 0 saturated carbocycles. The highest BCUT2D eigenvalue weighted by Gasteiger charge is 2.21. The van der Waals surface area contributed by atoms with Crippen LogP contribution >= 0.6 is 0 Å². The van der Waals surface area contributed by atoms with Crippen molar-refractivity contribution in [2.24, 2.45) is 5.92 Å². The summed E-state index contributed by atoms with van der Waals surface area (Å²) in [6, 6.07) is -0.264. The first-order valence-corrected chi connectivity index (χ1v) is 6.26. The van der Waals surface area contributed by atoms with E-state index in [0.29, 0.717) is 13.1 Å². The first-order chi connectivity index (χ1) is 8.83. The number of rotatable bonds is 7. The third-order valence-electron chi connectivity index (χ3n) is 2.82. The van der Waals surface area contributed by atoms with Crippen LogP contribution in [-0.4, -0.2) is 66.5 Å². The lowest BCUT2D eigenvalue weighted by Crippen LogP contribution is -2.45. The Bertz CT molecular complexity index is 333. The number of carboxylic acids is 1. The van der Waals surface area contributed by atoms with E-state index in [-0.39, 0.29) is 30.8 Å². The summed E-state index contributed by atoms with van der Waals surface area (Å²) in [6.07, 6.45) is -0.0849. The summed E-state index contributed by atoms with van der Waals surface area (Å²) < 4.78 is 0. The zero-order chi connectivity index (χ0) is 15.0. The fourth-order valence-electron chi connectivity index (χ4n) is 1.68. The van der Waals surface area contributed by atoms with Gasteiger partial charge in [0.2, 0.25) is 5.91 Å². The third-order valence-corrected chi connectivity index (χ3v) is 2.82. The number of amides is 3. The van der Waals surface area contributed by atoms with Crippen LogP contribution in [0, 0.1) is 5.92 Å². The van der Waals surface area contributed by atoms with Crippen molar-refractivity contribution in [2.75, 3.05) is 33.7 Å². The van der Waals surface area contributed by atoms with Crippen LogP contribution in [0.3, 0.4) is 0 Å². The molecule has 0 spiro atoms. The molecule has 1 unspecified atom stereocenters. The first kappa shape index (κ1) is 17.2. The molecule has 0 radical (unpaired) electrons. The lowest BCUT2D eigenvalue weighted by Gasteiger charge is -2.28. The van der Waals surface area contributed by atoms with Gasteiger partial charge in [-0.1, -0.05) is 6.92 Å². The predicted octanol–water partition coefficient (Wildman–Crippen LogP) is 0.217. The van der Waals surface area contributed by atoms with Crippen LogP contribution in [0.15, 0.2) is 0 Å². The molecule has 110 valence electrons. The Balaban J connectivity index is 4.43. The Kier molecular flexibility index (Phi) is 7.55. The van der Waals surface area contributed by atoms with Gasteiger partial charge in [-0.2, -0.15) is 0 Å². The second kappa shape index (κ2) is 8.34. The standard InChI is InChI=1S/C12H23N3O4/c1-5-15(7-6-10(16)17)12(19)14(4)8-9(2)11(18)13-3/h9H,5-8H2,1-4H3,(H,13,18)(H,16,17). The van der Waals surface area contributed by atoms with Gasteiger partial charge in [-0.3, -0.25) is 9.59 Å². The number of urea groups is 1. The average Bonchev–Trinajstić information content (AvgIpc) is 2.37. The summed E-state index contributed by atoms with van der Waals surface area (Å²) >= 11 is 0. The van der Waals surface area contributed by atoms with Crippen molar-refractivity contribution in [1.29, 1.82) is 0 Å². The van der Waals surface area contributed by atoms with Gasteiger partial charge in [-0.25, -0.2) is 4.79 Å². The summed E-state index contributed by atoms with van der Waals surface area (Å²) in [5.74, 6) is -1.38. The Morgan fingerprint density at radius 2 is 1.89 bits per heavy atom. The van der Waals surface area contributed by atoms with Gasteiger partial charge in [-0.15, -0.1) is 0 Å². The van der Waals surface area contributed by atoms with E-state index in [9.17, 15) is 14.4 Å². The molecule has 0 aliphatic rings. The number of nitrogens with zero attached hydrogens (tertiary/aromatic N) is 2. The molecule has 7 nitrogen and oxygen atoms in total. The molecule has 0 aromatic carbocycles. The molecule has 0 rings (SSSR count). The SMILES string of the molecule is CCN(CCC(=O)O)C(=O)N(C)CC(C)C(=O)NC. The van der Waals surface area contributed by atoms with Crippen LogP contribution in [0.5, 0.6) is 0 Å². The fourth-order valence-corrected chi connectivity index (χ4v) is 1.68. The third kappa shape index (κ3) is 6.08. The molecule has 19 heavy (non-hydrogen) atoms. The van der Waals surface area contributed by atoms with Gasteiger partial charge < -0.3 is 20.2 Å². The number of carboxylic acid groups (broad SMARTS) is 1. The van der Waals surface area contributed by atoms with Crippen LogP contribution in [0.25, 0.3) is 0 Å². The summed E-state index contributed by atoms with van der Waals surface area (Å²) in [6.45, 7) is 4.42. The Morgan fingerprint density at radius 3 is 2.32 bits per heavy atom. The van der Waals surface area contributed by atoms with Gasteiger partial charge in [0.1, 0.15) is 0 Å². The summed E-state index contributed by atoms with van der Waals surface area (Å²) in [7, 11) is 3.15. The van der Waals surface area contributed by atoms with Crippen LogP contribution in [-0.2, 0) is 9.59 Å². The van der Waals surface area contributed by atoms with Crippen LogP contribution in [0.4, 0.5) is 4.79 Å². The van der Waals surface area contributed by atoms with Gasteiger partial charge in [0.25, 0.3) is 0 Å². The highest BCUT2D eigenvalue weighted by atomic mass is 16.4. The summed E-state index contributed by atoms with van der Waals surface area (Å²) in [4.78, 5) is 36.8. The second-order valence-electron chi connectivity index (χ2n) is 4.40. The van der Waals surface area contributed by atoms with Crippen molar-refractivity contribution in [3.8, 4) is 0 Å². The number of carbonyl (C=O) groups is 3. The van der Waals surface area contributed by atoms with E-state index in [1.165, 1.54) is 9.80 Å². The van der Waals surface area contributed by atoms with Crippen molar-refractivity contribution in [3.63, 3.8) is 0 Å². The normalized spacial score (nSPS) is 11.6. The maximum absolute atomic E-state index is 12.1. The molecule has 0 saturated heterocycles. The van der Waals surface area contributed by atoms with Crippen LogP contribution in [0.1, 0.15) is 20.3 Å². The number of carbonyl (C=O) groups excluding carboxylic acids is 2. The molecule has 7 heteroatoms. The molecule has 0 fully saturated rings. The fraction of sp³-hybridized carbons (Fsp3) is 0.750. The zero-order valence-corrected chi connectivity index (χ0v) is 12.0. The second-order valence-corrected chi connectivity index (χ2v) is 4.40. The van der Waals surface area contributed by atoms with E-state index >= 15 is 0 Å². The molecule has 2 N–H and O–H groups in total. The van der Waals surface area contributed by atoms with Gasteiger partial charge in [0.15, 0.2) is 0 Å². The maximum Gasteiger partial charge on any atom is 0.319 e. The van der Waals surface area contributed by atoms with E-state index in [2.05, 4.69) is 5.32 Å². The molecule has 3 amide bonds. The van der Waals surface area contributed by atoms with Crippen molar-refractivity contribution < 1.29 is 19.5 Å². The number of hydrogen-bond acceptors (Lipinski definition) is 3. The number of hydrogen-bond donors (Lipinski definition) is 2. The van der Waals surface area contributed by atoms with Crippen LogP contribution < -0.4 is 5.32 Å². The van der Waals surface area contributed by atoms with Crippen LogP contribution in [0.2, 0.25) is 0 Å². The summed E-state index contributed by atoms with van der Waals surface area (Å²) in [5, 5.41) is 11.1. The minimum absolute atomic E-state index is 0.0849. The molecule has 0 heterocycles. The summed E-state index contributed by atoms with van der Waals surface area (Å²) in [5.41, 5.74) is 0. The molecule has 0 bridgehead atoms. The highest BCUT2D eigenvalue weighted by molar-refractivity contribution is 5.80. The molecule has 0 aromatic heterocycles. The van der Waals surface area contributed by atoms with Crippen molar-refractivity contribution >= 4 is 17.9 Å². The van der Waals surface area contributed by atoms with E-state index in [0.717, 1.165) is 0 Å². The smallest absolute Gasteiger partial charge is 0.319 e. The van der Waals surface area contributed by atoms with E-state index in [1.807, 2.05) is 0 Å². The number of nitrogens with one attached hydrogen (secondary N) is 1. The Labute approximate surface area is 113 Å². The zero-order valence-electron chi connectivity index (χ0n) is 12.0. The minimum Gasteiger partial charge on any atom is -0.481 e. The number of aliphatic carboxylic acids is 1. The quantitative estimate of drug-likeness (QED) is 0.694. The van der Waals surface area contributed by atoms with Crippen molar-refractivity contribution in [1.82, 2.24) is 15.1 Å².